The molecule has 20 heavy (non-hydrogen) atoms. The van der Waals surface area contributed by atoms with Gasteiger partial charge >= 0.3 is 0 Å². The monoisotopic (exact) mass is 388 g/mol. The van der Waals surface area contributed by atoms with Gasteiger partial charge in [-0.2, -0.15) is 0 Å². The van der Waals surface area contributed by atoms with Gasteiger partial charge < -0.3 is 15.5 Å². The third-order valence-electron chi connectivity index (χ3n) is 3.03. The van der Waals surface area contributed by atoms with Crippen molar-refractivity contribution in [2.75, 3.05) is 32.1 Å². The van der Waals surface area contributed by atoms with Gasteiger partial charge in [0, 0.05) is 38.9 Å². The van der Waals surface area contributed by atoms with Crippen LogP contribution >= 0.6 is 24.0 Å². The fourth-order valence-corrected chi connectivity index (χ4v) is 1.69. The van der Waals surface area contributed by atoms with Crippen LogP contribution in [0.25, 0.3) is 0 Å². The number of hydrogen-bond donors (Lipinski definition) is 2. The Morgan fingerprint density at radius 1 is 1.35 bits per heavy atom. The van der Waals surface area contributed by atoms with Crippen molar-refractivity contribution in [1.82, 2.24) is 10.6 Å². The van der Waals surface area contributed by atoms with Crippen LogP contribution in [0, 0.1) is 0 Å². The van der Waals surface area contributed by atoms with Gasteiger partial charge in [-0.3, -0.25) is 4.99 Å². The van der Waals surface area contributed by atoms with Crippen LogP contribution in [-0.4, -0.2) is 39.2 Å². The van der Waals surface area contributed by atoms with Crippen LogP contribution in [0.4, 0.5) is 5.69 Å². The lowest BCUT2D eigenvalue weighted by Crippen LogP contribution is -2.45. The number of para-hydroxylation sites is 1. The average Bonchev–Trinajstić information content (AvgIpc) is 2.47. The van der Waals surface area contributed by atoms with E-state index in [2.05, 4.69) is 65.3 Å². The number of hydrogen-bond acceptors (Lipinski definition) is 2. The van der Waals surface area contributed by atoms with Gasteiger partial charge in [-0.1, -0.05) is 24.3 Å². The number of guanidine groups is 1. The van der Waals surface area contributed by atoms with Crippen LogP contribution in [0.1, 0.15) is 6.92 Å². The SMILES string of the molecule is C=CCNC(=NC)NCC(C)N(C)c1ccccc1.I. The molecular formula is C15H25IN4. The Bertz CT molecular complexity index is 406. The van der Waals surface area contributed by atoms with Gasteiger partial charge in [0.15, 0.2) is 5.96 Å². The Kier molecular flexibility index (Phi) is 9.88. The second kappa shape index (κ2) is 10.5. The molecule has 4 nitrogen and oxygen atoms in total. The summed E-state index contributed by atoms with van der Waals surface area (Å²) in [6.07, 6.45) is 1.81. The summed E-state index contributed by atoms with van der Waals surface area (Å²) in [5, 5.41) is 6.46. The summed E-state index contributed by atoms with van der Waals surface area (Å²) in [5.41, 5.74) is 1.21. The van der Waals surface area contributed by atoms with E-state index in [1.807, 2.05) is 12.1 Å². The summed E-state index contributed by atoms with van der Waals surface area (Å²) >= 11 is 0. The molecule has 0 aromatic heterocycles. The zero-order chi connectivity index (χ0) is 14.1. The maximum atomic E-state index is 4.16. The van der Waals surface area contributed by atoms with Gasteiger partial charge in [-0.05, 0) is 19.1 Å². The molecule has 0 saturated carbocycles. The Hall–Kier alpha value is -1.24. The van der Waals surface area contributed by atoms with Gasteiger partial charge in [0.2, 0.25) is 0 Å². The van der Waals surface area contributed by atoms with Crippen molar-refractivity contribution in [2.45, 2.75) is 13.0 Å². The van der Waals surface area contributed by atoms with E-state index < -0.39 is 0 Å². The quantitative estimate of drug-likeness (QED) is 0.341. The highest BCUT2D eigenvalue weighted by atomic mass is 127. The van der Waals surface area contributed by atoms with E-state index in [0.29, 0.717) is 12.6 Å². The molecule has 0 fully saturated rings. The first-order valence-corrected chi connectivity index (χ1v) is 6.52. The Balaban J connectivity index is 0.00000361. The van der Waals surface area contributed by atoms with E-state index in [1.54, 1.807) is 7.05 Å². The lowest BCUT2D eigenvalue weighted by Gasteiger charge is -2.27. The molecule has 112 valence electrons. The number of anilines is 1. The van der Waals surface area contributed by atoms with Crippen molar-refractivity contribution in [1.29, 1.82) is 0 Å². The van der Waals surface area contributed by atoms with Gasteiger partial charge in [0.25, 0.3) is 0 Å². The molecule has 0 radical (unpaired) electrons. The van der Waals surface area contributed by atoms with E-state index in [-0.39, 0.29) is 24.0 Å². The van der Waals surface area contributed by atoms with Gasteiger partial charge in [-0.15, -0.1) is 30.6 Å². The Morgan fingerprint density at radius 2 is 2.00 bits per heavy atom. The van der Waals surface area contributed by atoms with Crippen LogP contribution in [0.15, 0.2) is 48.0 Å². The Morgan fingerprint density at radius 3 is 2.55 bits per heavy atom. The molecule has 1 atom stereocenters. The first-order valence-electron chi connectivity index (χ1n) is 6.52. The highest BCUT2D eigenvalue weighted by Gasteiger charge is 2.09. The molecule has 1 rings (SSSR count). The van der Waals surface area contributed by atoms with E-state index in [1.165, 1.54) is 5.69 Å². The van der Waals surface area contributed by atoms with Crippen molar-refractivity contribution in [3.63, 3.8) is 0 Å². The molecule has 0 heterocycles. The van der Waals surface area contributed by atoms with Crippen LogP contribution in [0.2, 0.25) is 0 Å². The highest BCUT2D eigenvalue weighted by Crippen LogP contribution is 2.13. The normalized spacial score (nSPS) is 12.1. The third-order valence-corrected chi connectivity index (χ3v) is 3.03. The number of nitrogens with one attached hydrogen (secondary N) is 2. The fourth-order valence-electron chi connectivity index (χ4n) is 1.69. The molecule has 1 aromatic carbocycles. The number of likely N-dealkylation sites (N-methyl/N-ethyl adjacent to an activating group) is 1. The number of nitrogens with zero attached hydrogens (tertiary/aromatic N) is 2. The topological polar surface area (TPSA) is 39.7 Å². The van der Waals surface area contributed by atoms with E-state index in [4.69, 9.17) is 0 Å². The minimum Gasteiger partial charge on any atom is -0.370 e. The van der Waals surface area contributed by atoms with Gasteiger partial charge in [0.1, 0.15) is 0 Å². The van der Waals surface area contributed by atoms with E-state index in [9.17, 15) is 0 Å². The summed E-state index contributed by atoms with van der Waals surface area (Å²) in [5.74, 6) is 0.799. The number of benzene rings is 1. The molecule has 0 saturated heterocycles. The van der Waals surface area contributed by atoms with Crippen molar-refractivity contribution in [3.05, 3.63) is 43.0 Å². The molecule has 1 aromatic rings. The summed E-state index contributed by atoms with van der Waals surface area (Å²) in [7, 11) is 3.87. The predicted octanol–water partition coefficient (Wildman–Crippen LogP) is 2.48. The summed E-state index contributed by atoms with van der Waals surface area (Å²) in [4.78, 5) is 6.40. The molecule has 0 aliphatic carbocycles. The number of aliphatic imine (C=N–C) groups is 1. The fraction of sp³-hybridized carbons (Fsp3) is 0.400. The standard InChI is InChI=1S/C15H24N4.HI/c1-5-11-17-15(16-3)18-12-13(2)19(4)14-9-7-6-8-10-14;/h5-10,13H,1,11-12H2,2-4H3,(H2,16,17,18);1H. The maximum absolute atomic E-state index is 4.16. The molecule has 5 heteroatoms. The van der Waals surface area contributed by atoms with E-state index >= 15 is 0 Å². The molecule has 2 N–H and O–H groups in total. The summed E-state index contributed by atoms with van der Waals surface area (Å²) < 4.78 is 0. The molecule has 1 unspecified atom stereocenters. The largest absolute Gasteiger partial charge is 0.370 e. The van der Waals surface area contributed by atoms with Gasteiger partial charge in [-0.25, -0.2) is 0 Å². The van der Waals surface area contributed by atoms with Crippen molar-refractivity contribution >= 4 is 35.6 Å². The smallest absolute Gasteiger partial charge is 0.191 e. The van der Waals surface area contributed by atoms with Gasteiger partial charge in [0.05, 0.1) is 0 Å². The van der Waals surface area contributed by atoms with E-state index in [0.717, 1.165) is 12.5 Å². The molecule has 0 bridgehead atoms. The van der Waals surface area contributed by atoms with Crippen molar-refractivity contribution < 1.29 is 0 Å². The molecule has 0 aliphatic heterocycles. The highest BCUT2D eigenvalue weighted by molar-refractivity contribution is 14.0. The molecule has 0 spiro atoms. The second-order valence-corrected chi connectivity index (χ2v) is 4.42. The van der Waals surface area contributed by atoms with Crippen LogP contribution in [0.3, 0.4) is 0 Å². The molecule has 0 amide bonds. The third kappa shape index (κ3) is 6.27. The zero-order valence-corrected chi connectivity index (χ0v) is 14.8. The molecular weight excluding hydrogens is 363 g/mol. The van der Waals surface area contributed by atoms with Crippen LogP contribution in [0.5, 0.6) is 0 Å². The van der Waals surface area contributed by atoms with Crippen molar-refractivity contribution in [3.8, 4) is 0 Å². The maximum Gasteiger partial charge on any atom is 0.191 e. The zero-order valence-electron chi connectivity index (χ0n) is 12.5. The van der Waals surface area contributed by atoms with Crippen LogP contribution < -0.4 is 15.5 Å². The van der Waals surface area contributed by atoms with Crippen molar-refractivity contribution in [2.24, 2.45) is 4.99 Å². The summed E-state index contributed by atoms with van der Waals surface area (Å²) in [6, 6.07) is 10.7. The number of halogens is 1. The Labute approximate surface area is 139 Å². The molecule has 0 aliphatic rings. The minimum absolute atomic E-state index is 0. The summed E-state index contributed by atoms with van der Waals surface area (Å²) in [6.45, 7) is 7.39. The minimum atomic E-state index is 0. The number of rotatable bonds is 6. The lowest BCUT2D eigenvalue weighted by atomic mass is 10.2. The van der Waals surface area contributed by atoms with Crippen LogP contribution in [-0.2, 0) is 0 Å². The average molecular weight is 388 g/mol. The first-order chi connectivity index (χ1) is 9.19. The lowest BCUT2D eigenvalue weighted by molar-refractivity contribution is 0.651. The predicted molar refractivity (Wildman–Crippen MR) is 99.3 cm³/mol. The first kappa shape index (κ1) is 18.8. The second-order valence-electron chi connectivity index (χ2n) is 4.42.